The SMILES string of the molecule is CCC(OCC(O)CO)[Si](C)(C)C. The van der Waals surface area contributed by atoms with Gasteiger partial charge in [-0.25, -0.2) is 0 Å². The van der Waals surface area contributed by atoms with Crippen molar-refractivity contribution >= 4 is 8.07 Å². The van der Waals surface area contributed by atoms with Crippen molar-refractivity contribution < 1.29 is 14.9 Å². The predicted molar refractivity (Wildman–Crippen MR) is 56.5 cm³/mol. The zero-order valence-corrected chi connectivity index (χ0v) is 10.1. The van der Waals surface area contributed by atoms with E-state index in [1.165, 1.54) is 0 Å². The molecule has 0 saturated carbocycles. The lowest BCUT2D eigenvalue weighted by molar-refractivity contribution is -0.00819. The van der Waals surface area contributed by atoms with Crippen LogP contribution < -0.4 is 0 Å². The van der Waals surface area contributed by atoms with Gasteiger partial charge in [0.25, 0.3) is 0 Å². The summed E-state index contributed by atoms with van der Waals surface area (Å²) in [6.07, 6.45) is 0.249. The average molecular weight is 206 g/mol. The van der Waals surface area contributed by atoms with Crippen LogP contribution >= 0.6 is 0 Å². The van der Waals surface area contributed by atoms with Gasteiger partial charge in [-0.15, -0.1) is 0 Å². The van der Waals surface area contributed by atoms with Gasteiger partial charge in [-0.1, -0.05) is 26.6 Å². The fourth-order valence-electron chi connectivity index (χ4n) is 1.26. The molecule has 13 heavy (non-hydrogen) atoms. The zero-order valence-electron chi connectivity index (χ0n) is 9.08. The summed E-state index contributed by atoms with van der Waals surface area (Å²) in [7, 11) is -1.28. The summed E-state index contributed by atoms with van der Waals surface area (Å²) in [5.41, 5.74) is 0.272. The Kier molecular flexibility index (Phi) is 5.79. The van der Waals surface area contributed by atoms with Crippen molar-refractivity contribution in [2.75, 3.05) is 13.2 Å². The first-order chi connectivity index (χ1) is 5.91. The van der Waals surface area contributed by atoms with Crippen LogP contribution in [-0.2, 0) is 4.74 Å². The monoisotopic (exact) mass is 206 g/mol. The molecule has 0 aromatic carbocycles. The van der Waals surface area contributed by atoms with Gasteiger partial charge in [-0.05, 0) is 6.42 Å². The minimum Gasteiger partial charge on any atom is -0.394 e. The van der Waals surface area contributed by atoms with E-state index in [1.54, 1.807) is 0 Å². The summed E-state index contributed by atoms with van der Waals surface area (Å²) < 4.78 is 5.56. The van der Waals surface area contributed by atoms with Crippen molar-refractivity contribution in [3.63, 3.8) is 0 Å². The minimum atomic E-state index is -1.28. The number of hydrogen-bond donors (Lipinski definition) is 2. The quantitative estimate of drug-likeness (QED) is 0.638. The molecule has 2 atom stereocenters. The smallest absolute Gasteiger partial charge is 0.100 e. The number of ether oxygens (including phenoxy) is 1. The molecule has 0 aliphatic carbocycles. The van der Waals surface area contributed by atoms with Crippen LogP contribution in [0.25, 0.3) is 0 Å². The van der Waals surface area contributed by atoms with Crippen LogP contribution in [0.5, 0.6) is 0 Å². The van der Waals surface area contributed by atoms with E-state index in [0.717, 1.165) is 6.42 Å². The molecule has 3 nitrogen and oxygen atoms in total. The summed E-state index contributed by atoms with van der Waals surface area (Å²) in [4.78, 5) is 0. The molecule has 0 aliphatic heterocycles. The molecule has 0 amide bonds. The van der Waals surface area contributed by atoms with Crippen molar-refractivity contribution in [2.45, 2.75) is 44.8 Å². The lowest BCUT2D eigenvalue weighted by Gasteiger charge is -2.28. The number of hydrogen-bond acceptors (Lipinski definition) is 3. The normalized spacial score (nSPS) is 17.1. The van der Waals surface area contributed by atoms with Crippen LogP contribution in [0.15, 0.2) is 0 Å². The van der Waals surface area contributed by atoms with Crippen LogP contribution in [0.3, 0.4) is 0 Å². The van der Waals surface area contributed by atoms with Gasteiger partial charge in [0.2, 0.25) is 0 Å². The van der Waals surface area contributed by atoms with Gasteiger partial charge in [-0.2, -0.15) is 0 Å². The predicted octanol–water partition coefficient (Wildman–Crippen LogP) is 1.01. The second-order valence-electron chi connectivity index (χ2n) is 4.43. The van der Waals surface area contributed by atoms with Gasteiger partial charge in [0.1, 0.15) is 6.10 Å². The third-order valence-electron chi connectivity index (χ3n) is 2.04. The Balaban J connectivity index is 3.86. The topological polar surface area (TPSA) is 49.7 Å². The molecule has 2 unspecified atom stereocenters. The maximum atomic E-state index is 9.11. The molecule has 80 valence electrons. The lowest BCUT2D eigenvalue weighted by Crippen LogP contribution is -2.41. The molecule has 0 heterocycles. The summed E-state index contributed by atoms with van der Waals surface area (Å²) in [5, 5.41) is 17.7. The lowest BCUT2D eigenvalue weighted by atomic mass is 10.4. The first kappa shape index (κ1) is 13.1. The summed E-state index contributed by atoms with van der Waals surface area (Å²) in [5.74, 6) is 0. The van der Waals surface area contributed by atoms with E-state index in [0.29, 0.717) is 0 Å². The third kappa shape index (κ3) is 5.41. The van der Waals surface area contributed by atoms with Gasteiger partial charge in [-0.3, -0.25) is 0 Å². The van der Waals surface area contributed by atoms with Crippen molar-refractivity contribution in [3.8, 4) is 0 Å². The fraction of sp³-hybridized carbons (Fsp3) is 1.00. The van der Waals surface area contributed by atoms with Crippen molar-refractivity contribution in [2.24, 2.45) is 0 Å². The summed E-state index contributed by atoms with van der Waals surface area (Å²) >= 11 is 0. The second-order valence-corrected chi connectivity index (χ2v) is 9.81. The van der Waals surface area contributed by atoms with E-state index >= 15 is 0 Å². The highest BCUT2D eigenvalue weighted by Gasteiger charge is 2.26. The molecule has 2 N–H and O–H groups in total. The molecule has 4 heteroatoms. The first-order valence-electron chi connectivity index (χ1n) is 4.82. The van der Waals surface area contributed by atoms with Crippen LogP contribution in [0.4, 0.5) is 0 Å². The zero-order chi connectivity index (χ0) is 10.5. The number of aliphatic hydroxyl groups excluding tert-OH is 2. The van der Waals surface area contributed by atoms with Gasteiger partial charge >= 0.3 is 0 Å². The van der Waals surface area contributed by atoms with E-state index in [2.05, 4.69) is 26.6 Å². The maximum Gasteiger partial charge on any atom is 0.100 e. The highest BCUT2D eigenvalue weighted by molar-refractivity contribution is 6.77. The highest BCUT2D eigenvalue weighted by atomic mass is 28.3. The van der Waals surface area contributed by atoms with E-state index in [4.69, 9.17) is 14.9 Å². The standard InChI is InChI=1S/C9H22O3Si/c1-5-9(13(2,3)4)12-7-8(11)6-10/h8-11H,5-7H2,1-4H3. The molecule has 0 rings (SSSR count). The molecule has 0 spiro atoms. The first-order valence-corrected chi connectivity index (χ1v) is 8.40. The van der Waals surface area contributed by atoms with Crippen LogP contribution in [-0.4, -0.2) is 43.3 Å². The number of aliphatic hydroxyl groups is 2. The Morgan fingerprint density at radius 2 is 1.85 bits per heavy atom. The molecular weight excluding hydrogens is 184 g/mol. The Morgan fingerprint density at radius 3 is 2.15 bits per heavy atom. The molecule has 0 fully saturated rings. The van der Waals surface area contributed by atoms with Crippen LogP contribution in [0.2, 0.25) is 19.6 Å². The molecular formula is C9H22O3Si. The maximum absolute atomic E-state index is 9.11. The number of rotatable bonds is 6. The van der Waals surface area contributed by atoms with Crippen LogP contribution in [0.1, 0.15) is 13.3 Å². The van der Waals surface area contributed by atoms with E-state index in [9.17, 15) is 0 Å². The molecule has 0 saturated heterocycles. The average Bonchev–Trinajstić information content (AvgIpc) is 2.02. The largest absolute Gasteiger partial charge is 0.394 e. The Labute approximate surface area is 81.7 Å². The third-order valence-corrected chi connectivity index (χ3v) is 4.54. The van der Waals surface area contributed by atoms with E-state index in [1.807, 2.05) is 0 Å². The van der Waals surface area contributed by atoms with E-state index < -0.39 is 14.2 Å². The Bertz CT molecular complexity index is 133. The minimum absolute atomic E-state index is 0.220. The van der Waals surface area contributed by atoms with Crippen molar-refractivity contribution in [1.82, 2.24) is 0 Å². The summed E-state index contributed by atoms with van der Waals surface area (Å²) in [6.45, 7) is 8.85. The molecule has 0 aliphatic rings. The van der Waals surface area contributed by atoms with Crippen molar-refractivity contribution in [3.05, 3.63) is 0 Å². The van der Waals surface area contributed by atoms with Crippen molar-refractivity contribution in [1.29, 1.82) is 0 Å². The van der Waals surface area contributed by atoms with Gasteiger partial charge in [0.05, 0.1) is 21.3 Å². The fourth-order valence-corrected chi connectivity index (χ4v) is 3.08. The molecule has 0 aromatic rings. The second kappa shape index (κ2) is 5.75. The Morgan fingerprint density at radius 1 is 1.31 bits per heavy atom. The molecule has 0 aromatic heterocycles. The van der Waals surface area contributed by atoms with Crippen LogP contribution in [0, 0.1) is 0 Å². The molecule has 0 bridgehead atoms. The molecule has 0 radical (unpaired) electrons. The van der Waals surface area contributed by atoms with Gasteiger partial charge < -0.3 is 14.9 Å². The van der Waals surface area contributed by atoms with Gasteiger partial charge in [0, 0.05) is 5.73 Å². The Hall–Kier alpha value is 0.0969. The van der Waals surface area contributed by atoms with E-state index in [-0.39, 0.29) is 18.9 Å². The van der Waals surface area contributed by atoms with Gasteiger partial charge in [0.15, 0.2) is 0 Å². The highest BCUT2D eigenvalue weighted by Crippen LogP contribution is 2.14. The summed E-state index contributed by atoms with van der Waals surface area (Å²) in [6, 6.07) is 0.